The average Bonchev–Trinajstić information content (AvgIpc) is 2.51. The maximum Gasteiger partial charge on any atom is 0.261 e. The van der Waals surface area contributed by atoms with Gasteiger partial charge in [-0.15, -0.1) is 0 Å². The highest BCUT2D eigenvalue weighted by molar-refractivity contribution is 6.06. The highest BCUT2D eigenvalue weighted by atomic mass is 19.2. The van der Waals surface area contributed by atoms with Crippen molar-refractivity contribution in [2.45, 2.75) is 6.42 Å². The summed E-state index contributed by atoms with van der Waals surface area (Å²) < 4.78 is 26.8. The van der Waals surface area contributed by atoms with Crippen molar-refractivity contribution < 1.29 is 13.6 Å². The molecule has 0 spiro atoms. The summed E-state index contributed by atoms with van der Waals surface area (Å²) in [5.41, 5.74) is 0.0960. The van der Waals surface area contributed by atoms with Crippen molar-refractivity contribution in [2.24, 2.45) is 0 Å². The lowest BCUT2D eigenvalue weighted by Gasteiger charge is -2.22. The fourth-order valence-electron chi connectivity index (χ4n) is 1.85. The summed E-state index contributed by atoms with van der Waals surface area (Å²) in [5, 5.41) is 8.68. The van der Waals surface area contributed by atoms with Crippen molar-refractivity contribution in [2.75, 3.05) is 11.4 Å². The van der Waals surface area contributed by atoms with Gasteiger partial charge in [0.25, 0.3) is 5.91 Å². The van der Waals surface area contributed by atoms with Crippen molar-refractivity contribution >= 4 is 11.6 Å². The molecule has 0 unspecified atom stereocenters. The van der Waals surface area contributed by atoms with Gasteiger partial charge in [0, 0.05) is 18.4 Å². The number of hydrogen-bond donors (Lipinski definition) is 0. The van der Waals surface area contributed by atoms with Crippen molar-refractivity contribution in [3.8, 4) is 6.07 Å². The maximum absolute atomic E-state index is 13.7. The molecule has 0 aliphatic rings. The van der Waals surface area contributed by atoms with E-state index in [1.54, 1.807) is 30.3 Å². The van der Waals surface area contributed by atoms with E-state index < -0.39 is 23.2 Å². The number of aromatic nitrogens is 1. The second kappa shape index (κ2) is 6.57. The number of carbonyl (C=O) groups is 1. The van der Waals surface area contributed by atoms with Crippen molar-refractivity contribution in [3.05, 3.63) is 59.9 Å². The zero-order chi connectivity index (χ0) is 15.2. The van der Waals surface area contributed by atoms with E-state index in [0.717, 1.165) is 12.3 Å². The lowest BCUT2D eigenvalue weighted by Crippen LogP contribution is -2.32. The number of para-hydroxylation sites is 1. The first kappa shape index (κ1) is 14.6. The molecule has 0 N–H and O–H groups in total. The lowest BCUT2D eigenvalue weighted by molar-refractivity contribution is 0.0982. The van der Waals surface area contributed by atoms with E-state index in [9.17, 15) is 13.6 Å². The molecule has 0 fully saturated rings. The smallest absolute Gasteiger partial charge is 0.261 e. The lowest BCUT2D eigenvalue weighted by atomic mass is 10.2. The molecule has 0 saturated carbocycles. The van der Waals surface area contributed by atoms with Crippen LogP contribution in [-0.2, 0) is 0 Å². The van der Waals surface area contributed by atoms with E-state index in [0.29, 0.717) is 5.69 Å². The molecule has 1 aromatic heterocycles. The first-order valence-electron chi connectivity index (χ1n) is 6.19. The Labute approximate surface area is 120 Å². The van der Waals surface area contributed by atoms with Crippen molar-refractivity contribution in [3.63, 3.8) is 0 Å². The predicted octanol–water partition coefficient (Wildman–Crippen LogP) is 2.92. The van der Waals surface area contributed by atoms with Crippen LogP contribution in [0.15, 0.2) is 42.6 Å². The van der Waals surface area contributed by atoms with Crippen LogP contribution in [0.1, 0.15) is 16.8 Å². The fraction of sp³-hybridized carbons (Fsp3) is 0.133. The summed E-state index contributed by atoms with van der Waals surface area (Å²) in [5.74, 6) is -3.33. The van der Waals surface area contributed by atoms with Crippen molar-refractivity contribution in [1.82, 2.24) is 4.98 Å². The minimum Gasteiger partial charge on any atom is -0.307 e. The molecule has 1 amide bonds. The number of rotatable bonds is 4. The van der Waals surface area contributed by atoms with Crippen LogP contribution in [0, 0.1) is 23.1 Å². The summed E-state index contributed by atoms with van der Waals surface area (Å²) in [6.45, 7) is 0.0860. The zero-order valence-corrected chi connectivity index (χ0v) is 11.0. The Morgan fingerprint density at radius 2 is 1.95 bits per heavy atom. The molecule has 6 heteroatoms. The van der Waals surface area contributed by atoms with E-state index in [1.807, 2.05) is 6.07 Å². The molecule has 0 radical (unpaired) electrons. The Kier molecular flexibility index (Phi) is 4.57. The largest absolute Gasteiger partial charge is 0.307 e. The van der Waals surface area contributed by atoms with Crippen LogP contribution in [0.25, 0.3) is 0 Å². The molecular weight excluding hydrogens is 276 g/mol. The third-order valence-corrected chi connectivity index (χ3v) is 2.84. The number of pyridine rings is 1. The first-order chi connectivity index (χ1) is 10.1. The summed E-state index contributed by atoms with van der Waals surface area (Å²) in [6.07, 6.45) is 1.11. The van der Waals surface area contributed by atoms with Crippen LogP contribution in [0.2, 0.25) is 0 Å². The Balaban J connectivity index is 2.39. The summed E-state index contributed by atoms with van der Waals surface area (Å²) in [7, 11) is 0. The number of halogens is 2. The Morgan fingerprint density at radius 1 is 1.24 bits per heavy atom. The summed E-state index contributed by atoms with van der Waals surface area (Å²) in [6, 6.07) is 11.5. The number of nitrogens with zero attached hydrogens (tertiary/aromatic N) is 3. The molecule has 2 aromatic rings. The van der Waals surface area contributed by atoms with Crippen molar-refractivity contribution in [1.29, 1.82) is 5.26 Å². The topological polar surface area (TPSA) is 57.0 Å². The number of hydrogen-bond acceptors (Lipinski definition) is 3. The molecule has 106 valence electrons. The van der Waals surface area contributed by atoms with Gasteiger partial charge in [0.15, 0.2) is 5.82 Å². The molecule has 0 saturated heterocycles. The van der Waals surface area contributed by atoms with Crippen LogP contribution in [0.3, 0.4) is 0 Å². The van der Waals surface area contributed by atoms with Crippen LogP contribution in [-0.4, -0.2) is 17.4 Å². The SMILES string of the molecule is N#CCCN(C(=O)c1ccnc(F)c1F)c1ccccc1. The van der Waals surface area contributed by atoms with E-state index in [4.69, 9.17) is 5.26 Å². The quantitative estimate of drug-likeness (QED) is 0.812. The molecule has 0 atom stereocenters. The number of carbonyl (C=O) groups excluding carboxylic acids is 1. The highest BCUT2D eigenvalue weighted by Crippen LogP contribution is 2.19. The van der Waals surface area contributed by atoms with Gasteiger partial charge < -0.3 is 4.90 Å². The van der Waals surface area contributed by atoms with Gasteiger partial charge in [-0.2, -0.15) is 9.65 Å². The number of anilines is 1. The van der Waals surface area contributed by atoms with Gasteiger partial charge in [0.2, 0.25) is 5.95 Å². The fourth-order valence-corrected chi connectivity index (χ4v) is 1.85. The van der Waals surface area contributed by atoms with Gasteiger partial charge in [-0.25, -0.2) is 9.37 Å². The maximum atomic E-state index is 13.7. The monoisotopic (exact) mass is 287 g/mol. The molecule has 2 rings (SSSR count). The second-order valence-corrected chi connectivity index (χ2v) is 4.16. The molecule has 0 aliphatic carbocycles. The third-order valence-electron chi connectivity index (χ3n) is 2.84. The Hall–Kier alpha value is -2.81. The minimum atomic E-state index is -1.32. The standard InChI is InChI=1S/C15H11F2N3O/c16-13-12(7-9-19-14(13)17)15(21)20(10-4-8-18)11-5-2-1-3-6-11/h1-3,5-7,9H,4,10H2. The number of amides is 1. The van der Waals surface area contributed by atoms with Crippen LogP contribution in [0.5, 0.6) is 0 Å². The molecule has 0 aliphatic heterocycles. The van der Waals surface area contributed by atoms with Crippen LogP contribution < -0.4 is 4.90 Å². The van der Waals surface area contributed by atoms with Gasteiger partial charge in [0.1, 0.15) is 0 Å². The predicted molar refractivity (Wildman–Crippen MR) is 72.5 cm³/mol. The molecule has 1 aromatic carbocycles. The van der Waals surface area contributed by atoms with Gasteiger partial charge >= 0.3 is 0 Å². The minimum absolute atomic E-state index is 0.0792. The normalized spacial score (nSPS) is 9.95. The van der Waals surface area contributed by atoms with Crippen LogP contribution >= 0.6 is 0 Å². The number of nitriles is 1. The first-order valence-corrected chi connectivity index (χ1v) is 6.19. The molecule has 21 heavy (non-hydrogen) atoms. The van der Waals surface area contributed by atoms with Crippen LogP contribution in [0.4, 0.5) is 14.5 Å². The van der Waals surface area contributed by atoms with E-state index in [-0.39, 0.29) is 13.0 Å². The Morgan fingerprint density at radius 3 is 2.62 bits per heavy atom. The molecule has 0 bridgehead atoms. The zero-order valence-electron chi connectivity index (χ0n) is 11.0. The van der Waals surface area contributed by atoms with Gasteiger partial charge in [-0.1, -0.05) is 18.2 Å². The summed E-state index contributed by atoms with van der Waals surface area (Å²) in [4.78, 5) is 16.8. The third kappa shape index (κ3) is 3.20. The second-order valence-electron chi connectivity index (χ2n) is 4.16. The number of benzene rings is 1. The Bertz CT molecular complexity index is 683. The average molecular weight is 287 g/mol. The molecule has 4 nitrogen and oxygen atoms in total. The van der Waals surface area contributed by atoms with Gasteiger partial charge in [-0.3, -0.25) is 4.79 Å². The molecular formula is C15H11F2N3O. The van der Waals surface area contributed by atoms with Gasteiger partial charge in [-0.05, 0) is 18.2 Å². The summed E-state index contributed by atoms with van der Waals surface area (Å²) >= 11 is 0. The van der Waals surface area contributed by atoms with Gasteiger partial charge in [0.05, 0.1) is 18.1 Å². The highest BCUT2D eigenvalue weighted by Gasteiger charge is 2.22. The van der Waals surface area contributed by atoms with E-state index in [1.165, 1.54) is 4.90 Å². The molecule has 1 heterocycles. The van der Waals surface area contributed by atoms with E-state index in [2.05, 4.69) is 4.98 Å². The van der Waals surface area contributed by atoms with E-state index >= 15 is 0 Å².